The molecule has 80 valence electrons. The maximum Gasteiger partial charge on any atom is 0.240 e. The summed E-state index contributed by atoms with van der Waals surface area (Å²) in [5.41, 5.74) is 9.90. The molecule has 3 amide bonds. The number of rotatable bonds is 5. The molecule has 0 fully saturated rings. The van der Waals surface area contributed by atoms with Gasteiger partial charge >= 0.3 is 0 Å². The molecule has 0 aliphatic heterocycles. The summed E-state index contributed by atoms with van der Waals surface area (Å²) in [5.74, 6) is -1.56. The standard InChI is InChI=1S/C7H14N4O3/c1-4(7(9)14)11-6(13)3-10-5(12)2-8/h4H,2-3,8H2,1H3,(H2,9,14)(H,10,12)(H,11,13)/t4-/m1/s1. The lowest BCUT2D eigenvalue weighted by Gasteiger charge is -2.10. The molecule has 0 heterocycles. The second-order valence-electron chi connectivity index (χ2n) is 2.67. The highest BCUT2D eigenvalue weighted by molar-refractivity contribution is 5.89. The van der Waals surface area contributed by atoms with Crippen molar-refractivity contribution in [3.8, 4) is 0 Å². The van der Waals surface area contributed by atoms with Crippen LogP contribution >= 0.6 is 0 Å². The molecule has 0 rings (SSSR count). The van der Waals surface area contributed by atoms with Crippen LogP contribution in [0.1, 0.15) is 6.92 Å². The number of nitrogens with one attached hydrogen (secondary N) is 2. The van der Waals surface area contributed by atoms with E-state index in [4.69, 9.17) is 11.5 Å². The summed E-state index contributed by atoms with van der Waals surface area (Å²) in [4.78, 5) is 32.2. The molecule has 0 radical (unpaired) electrons. The molecule has 0 bridgehead atoms. The number of carbonyl (C=O) groups is 3. The Labute approximate surface area is 81.2 Å². The summed E-state index contributed by atoms with van der Waals surface area (Å²) in [7, 11) is 0. The molecule has 0 unspecified atom stereocenters. The van der Waals surface area contributed by atoms with Crippen molar-refractivity contribution < 1.29 is 14.4 Å². The van der Waals surface area contributed by atoms with Gasteiger partial charge in [-0.05, 0) is 6.92 Å². The largest absolute Gasteiger partial charge is 0.368 e. The highest BCUT2D eigenvalue weighted by Crippen LogP contribution is 1.77. The number of primary amides is 1. The lowest BCUT2D eigenvalue weighted by atomic mass is 10.3. The summed E-state index contributed by atoms with van der Waals surface area (Å²) in [5, 5.41) is 4.54. The van der Waals surface area contributed by atoms with Gasteiger partial charge in [0.15, 0.2) is 0 Å². The lowest BCUT2D eigenvalue weighted by molar-refractivity contribution is -0.128. The zero-order valence-corrected chi connectivity index (χ0v) is 7.87. The van der Waals surface area contributed by atoms with E-state index in [1.54, 1.807) is 0 Å². The van der Waals surface area contributed by atoms with Crippen molar-refractivity contribution in [3.63, 3.8) is 0 Å². The van der Waals surface area contributed by atoms with Crippen LogP contribution in [0.25, 0.3) is 0 Å². The van der Waals surface area contributed by atoms with Crippen LogP contribution in [-0.2, 0) is 14.4 Å². The van der Waals surface area contributed by atoms with E-state index < -0.39 is 23.8 Å². The molecule has 7 heteroatoms. The Morgan fingerprint density at radius 3 is 2.29 bits per heavy atom. The second kappa shape index (κ2) is 5.92. The van der Waals surface area contributed by atoms with Crippen molar-refractivity contribution in [2.45, 2.75) is 13.0 Å². The maximum absolute atomic E-state index is 11.0. The van der Waals surface area contributed by atoms with Crippen LogP contribution in [-0.4, -0.2) is 36.9 Å². The number of amides is 3. The van der Waals surface area contributed by atoms with E-state index >= 15 is 0 Å². The van der Waals surface area contributed by atoms with Gasteiger partial charge < -0.3 is 22.1 Å². The fourth-order valence-electron chi connectivity index (χ4n) is 0.615. The normalized spacial score (nSPS) is 11.6. The van der Waals surface area contributed by atoms with Gasteiger partial charge in [0.25, 0.3) is 0 Å². The van der Waals surface area contributed by atoms with Crippen molar-refractivity contribution in [1.82, 2.24) is 10.6 Å². The maximum atomic E-state index is 11.0. The van der Waals surface area contributed by atoms with Crippen LogP contribution in [0, 0.1) is 0 Å². The van der Waals surface area contributed by atoms with Crippen molar-refractivity contribution in [2.75, 3.05) is 13.1 Å². The molecule has 7 nitrogen and oxygen atoms in total. The monoisotopic (exact) mass is 202 g/mol. The molecule has 0 aromatic rings. The van der Waals surface area contributed by atoms with Gasteiger partial charge in [-0.1, -0.05) is 0 Å². The molecular formula is C7H14N4O3. The molecule has 0 saturated carbocycles. The molecule has 0 aromatic carbocycles. The van der Waals surface area contributed by atoms with Gasteiger partial charge in [0.05, 0.1) is 13.1 Å². The first-order valence-electron chi connectivity index (χ1n) is 4.02. The Bertz CT molecular complexity index is 241. The van der Waals surface area contributed by atoms with E-state index in [2.05, 4.69) is 10.6 Å². The van der Waals surface area contributed by atoms with E-state index in [-0.39, 0.29) is 13.1 Å². The Balaban J connectivity index is 3.76. The fraction of sp³-hybridized carbons (Fsp3) is 0.571. The zero-order chi connectivity index (χ0) is 11.1. The third-order valence-corrected chi connectivity index (χ3v) is 1.44. The predicted molar refractivity (Wildman–Crippen MR) is 48.9 cm³/mol. The number of hydrogen-bond donors (Lipinski definition) is 4. The molecule has 6 N–H and O–H groups in total. The molecule has 14 heavy (non-hydrogen) atoms. The zero-order valence-electron chi connectivity index (χ0n) is 7.87. The van der Waals surface area contributed by atoms with E-state index in [1.165, 1.54) is 6.92 Å². The minimum atomic E-state index is -0.753. The number of nitrogens with two attached hydrogens (primary N) is 2. The van der Waals surface area contributed by atoms with Crippen LogP contribution < -0.4 is 22.1 Å². The summed E-state index contributed by atoms with van der Waals surface area (Å²) in [6.07, 6.45) is 0. The van der Waals surface area contributed by atoms with E-state index in [0.29, 0.717) is 0 Å². The Hall–Kier alpha value is -1.63. The molecule has 0 aliphatic rings. The van der Waals surface area contributed by atoms with Gasteiger partial charge in [0, 0.05) is 0 Å². The average molecular weight is 202 g/mol. The van der Waals surface area contributed by atoms with Gasteiger partial charge in [-0.3, -0.25) is 14.4 Å². The first-order valence-corrected chi connectivity index (χ1v) is 4.02. The smallest absolute Gasteiger partial charge is 0.240 e. The van der Waals surface area contributed by atoms with E-state index in [9.17, 15) is 14.4 Å². The van der Waals surface area contributed by atoms with Crippen LogP contribution in [0.3, 0.4) is 0 Å². The third-order valence-electron chi connectivity index (χ3n) is 1.44. The van der Waals surface area contributed by atoms with E-state index in [1.807, 2.05) is 0 Å². The second-order valence-corrected chi connectivity index (χ2v) is 2.67. The molecular weight excluding hydrogens is 188 g/mol. The van der Waals surface area contributed by atoms with Crippen LogP contribution in [0.4, 0.5) is 0 Å². The minimum absolute atomic E-state index is 0.182. The summed E-state index contributed by atoms with van der Waals surface area (Å²) in [6.45, 7) is 1.05. The Kier molecular flexibility index (Phi) is 5.23. The summed E-state index contributed by atoms with van der Waals surface area (Å²) >= 11 is 0. The third kappa shape index (κ3) is 5.09. The molecule has 0 saturated heterocycles. The predicted octanol–water partition coefficient (Wildman–Crippen LogP) is -2.95. The highest BCUT2D eigenvalue weighted by atomic mass is 16.2. The highest BCUT2D eigenvalue weighted by Gasteiger charge is 2.11. The van der Waals surface area contributed by atoms with Crippen molar-refractivity contribution in [2.24, 2.45) is 11.5 Å². The lowest BCUT2D eigenvalue weighted by Crippen LogP contribution is -2.46. The van der Waals surface area contributed by atoms with Gasteiger partial charge in [-0.25, -0.2) is 0 Å². The van der Waals surface area contributed by atoms with Crippen LogP contribution in [0.5, 0.6) is 0 Å². The van der Waals surface area contributed by atoms with Crippen molar-refractivity contribution in [1.29, 1.82) is 0 Å². The number of hydrogen-bond acceptors (Lipinski definition) is 4. The van der Waals surface area contributed by atoms with E-state index in [0.717, 1.165) is 0 Å². The average Bonchev–Trinajstić information content (AvgIpc) is 2.13. The molecule has 0 aliphatic carbocycles. The molecule has 0 aromatic heterocycles. The Morgan fingerprint density at radius 2 is 1.86 bits per heavy atom. The minimum Gasteiger partial charge on any atom is -0.368 e. The first-order chi connectivity index (χ1) is 6.47. The Morgan fingerprint density at radius 1 is 1.29 bits per heavy atom. The van der Waals surface area contributed by atoms with Gasteiger partial charge in [0.1, 0.15) is 6.04 Å². The summed E-state index contributed by atoms with van der Waals surface area (Å²) in [6, 6.07) is -0.753. The van der Waals surface area contributed by atoms with Crippen molar-refractivity contribution >= 4 is 17.7 Å². The van der Waals surface area contributed by atoms with Crippen molar-refractivity contribution in [3.05, 3.63) is 0 Å². The molecule has 0 spiro atoms. The number of carbonyl (C=O) groups excluding carboxylic acids is 3. The summed E-state index contributed by atoms with van der Waals surface area (Å²) < 4.78 is 0. The SMILES string of the molecule is C[C@@H](NC(=O)CNC(=O)CN)C(N)=O. The van der Waals surface area contributed by atoms with Gasteiger partial charge in [0.2, 0.25) is 17.7 Å². The fourth-order valence-corrected chi connectivity index (χ4v) is 0.615. The first kappa shape index (κ1) is 12.4. The topological polar surface area (TPSA) is 127 Å². The van der Waals surface area contributed by atoms with Gasteiger partial charge in [-0.2, -0.15) is 0 Å². The van der Waals surface area contributed by atoms with Crippen LogP contribution in [0.15, 0.2) is 0 Å². The quantitative estimate of drug-likeness (QED) is 0.380. The van der Waals surface area contributed by atoms with Gasteiger partial charge in [-0.15, -0.1) is 0 Å². The molecule has 1 atom stereocenters. The van der Waals surface area contributed by atoms with Crippen LogP contribution in [0.2, 0.25) is 0 Å².